The Bertz CT molecular complexity index is 871. The van der Waals surface area contributed by atoms with E-state index in [0.717, 1.165) is 36.1 Å². The molecule has 30 heavy (non-hydrogen) atoms. The second-order valence-corrected chi connectivity index (χ2v) is 7.64. The Hall–Kier alpha value is -2.93. The molecule has 1 unspecified atom stereocenters. The van der Waals surface area contributed by atoms with Crippen LogP contribution in [0.4, 0.5) is 0 Å². The molecule has 0 radical (unpaired) electrons. The molecule has 2 heterocycles. The van der Waals surface area contributed by atoms with E-state index >= 15 is 0 Å². The van der Waals surface area contributed by atoms with E-state index < -0.39 is 0 Å². The van der Waals surface area contributed by atoms with Gasteiger partial charge in [0.25, 0.3) is 5.91 Å². The molecule has 1 saturated heterocycles. The van der Waals surface area contributed by atoms with Gasteiger partial charge in [0, 0.05) is 37.9 Å². The molecule has 0 saturated carbocycles. The van der Waals surface area contributed by atoms with Crippen molar-refractivity contribution in [2.75, 3.05) is 20.2 Å². The minimum Gasteiger partial charge on any atom is -0.497 e. The standard InChI is InChI=1S/C23H30N4O3/c1-30-21-6-2-4-18(13-21)16-27-11-9-20(7-8-22(27)28)26-23(29)19-12-17(5-3-10-24)14-25-15-19/h2,4,6,12-15,20H,3,5,7-11,16,24H2,1H3,(H,26,29). The van der Waals surface area contributed by atoms with Crippen molar-refractivity contribution >= 4 is 11.8 Å². The number of nitrogens with two attached hydrogens (primary N) is 1. The highest BCUT2D eigenvalue weighted by Crippen LogP contribution is 2.19. The van der Waals surface area contributed by atoms with E-state index in [9.17, 15) is 9.59 Å². The Balaban J connectivity index is 1.57. The zero-order chi connectivity index (χ0) is 21.3. The first kappa shape index (κ1) is 21.8. The van der Waals surface area contributed by atoms with Crippen molar-refractivity contribution in [3.8, 4) is 5.75 Å². The fourth-order valence-electron chi connectivity index (χ4n) is 3.66. The number of carbonyl (C=O) groups is 2. The second kappa shape index (κ2) is 10.7. The van der Waals surface area contributed by atoms with E-state index in [1.54, 1.807) is 19.5 Å². The number of nitrogens with zero attached hydrogens (tertiary/aromatic N) is 2. The van der Waals surface area contributed by atoms with E-state index in [0.29, 0.717) is 38.0 Å². The molecule has 2 aromatic rings. The summed E-state index contributed by atoms with van der Waals surface area (Å²) in [6, 6.07) is 9.58. The summed E-state index contributed by atoms with van der Waals surface area (Å²) in [5.41, 5.74) is 8.15. The van der Waals surface area contributed by atoms with Crippen molar-refractivity contribution in [3.63, 3.8) is 0 Å². The van der Waals surface area contributed by atoms with Crippen LogP contribution in [0, 0.1) is 0 Å². The highest BCUT2D eigenvalue weighted by molar-refractivity contribution is 5.94. The van der Waals surface area contributed by atoms with Crippen LogP contribution < -0.4 is 15.8 Å². The van der Waals surface area contributed by atoms with Gasteiger partial charge in [0.15, 0.2) is 0 Å². The Kier molecular flexibility index (Phi) is 7.79. The van der Waals surface area contributed by atoms with Gasteiger partial charge in [-0.15, -0.1) is 0 Å². The van der Waals surface area contributed by atoms with Gasteiger partial charge in [-0.05, 0) is 61.6 Å². The molecule has 1 aliphatic rings. The first-order valence-electron chi connectivity index (χ1n) is 10.4. The quantitative estimate of drug-likeness (QED) is 0.696. The van der Waals surface area contributed by atoms with Gasteiger partial charge in [0.1, 0.15) is 5.75 Å². The number of likely N-dealkylation sites (tertiary alicyclic amines) is 1. The number of ether oxygens (including phenoxy) is 1. The van der Waals surface area contributed by atoms with Crippen LogP contribution in [0.15, 0.2) is 42.7 Å². The molecule has 0 bridgehead atoms. The molecule has 1 atom stereocenters. The van der Waals surface area contributed by atoms with Crippen LogP contribution in [-0.2, 0) is 17.8 Å². The van der Waals surface area contributed by atoms with Crippen LogP contribution >= 0.6 is 0 Å². The Labute approximate surface area is 177 Å². The molecule has 160 valence electrons. The van der Waals surface area contributed by atoms with Crippen LogP contribution in [0.3, 0.4) is 0 Å². The number of benzene rings is 1. The lowest BCUT2D eigenvalue weighted by Crippen LogP contribution is -2.36. The lowest BCUT2D eigenvalue weighted by molar-refractivity contribution is -0.131. The Morgan fingerprint density at radius 1 is 1.27 bits per heavy atom. The molecule has 3 N–H and O–H groups in total. The van der Waals surface area contributed by atoms with Crippen molar-refractivity contribution in [1.29, 1.82) is 0 Å². The highest BCUT2D eigenvalue weighted by atomic mass is 16.5. The maximum Gasteiger partial charge on any atom is 0.253 e. The normalized spacial score (nSPS) is 16.8. The topological polar surface area (TPSA) is 97.6 Å². The molecule has 1 aromatic carbocycles. The minimum atomic E-state index is -0.143. The zero-order valence-electron chi connectivity index (χ0n) is 17.5. The summed E-state index contributed by atoms with van der Waals surface area (Å²) in [5, 5.41) is 3.08. The monoisotopic (exact) mass is 410 g/mol. The maximum atomic E-state index is 12.7. The summed E-state index contributed by atoms with van der Waals surface area (Å²) in [7, 11) is 1.63. The van der Waals surface area contributed by atoms with Crippen molar-refractivity contribution in [2.45, 2.75) is 44.7 Å². The summed E-state index contributed by atoms with van der Waals surface area (Å²) >= 11 is 0. The van der Waals surface area contributed by atoms with Gasteiger partial charge in [0.05, 0.1) is 12.7 Å². The number of methoxy groups -OCH3 is 1. The van der Waals surface area contributed by atoms with Crippen LogP contribution in [0.5, 0.6) is 5.75 Å². The number of hydrogen-bond acceptors (Lipinski definition) is 5. The van der Waals surface area contributed by atoms with Crippen molar-refractivity contribution < 1.29 is 14.3 Å². The molecular weight excluding hydrogens is 380 g/mol. The predicted molar refractivity (Wildman–Crippen MR) is 115 cm³/mol. The third kappa shape index (κ3) is 6.03. The summed E-state index contributed by atoms with van der Waals surface area (Å²) in [4.78, 5) is 31.3. The van der Waals surface area contributed by atoms with E-state index in [2.05, 4.69) is 10.3 Å². The molecule has 1 fully saturated rings. The van der Waals surface area contributed by atoms with Gasteiger partial charge in [-0.1, -0.05) is 12.1 Å². The summed E-state index contributed by atoms with van der Waals surface area (Å²) in [6.45, 7) is 1.76. The van der Waals surface area contributed by atoms with Gasteiger partial charge in [-0.25, -0.2) is 0 Å². The van der Waals surface area contributed by atoms with Crippen molar-refractivity contribution in [2.24, 2.45) is 5.73 Å². The average molecular weight is 411 g/mol. The summed E-state index contributed by atoms with van der Waals surface area (Å²) < 4.78 is 5.27. The molecule has 0 aliphatic carbocycles. The number of carbonyl (C=O) groups excluding carboxylic acids is 2. The van der Waals surface area contributed by atoms with Gasteiger partial charge in [-0.3, -0.25) is 14.6 Å². The fourth-order valence-corrected chi connectivity index (χ4v) is 3.66. The fraction of sp³-hybridized carbons (Fsp3) is 0.435. The largest absolute Gasteiger partial charge is 0.497 e. The number of pyridine rings is 1. The summed E-state index contributed by atoms with van der Waals surface area (Å²) in [5.74, 6) is 0.748. The smallest absolute Gasteiger partial charge is 0.253 e. The lowest BCUT2D eigenvalue weighted by Gasteiger charge is -2.21. The Morgan fingerprint density at radius 3 is 2.93 bits per heavy atom. The molecular formula is C23H30N4O3. The van der Waals surface area contributed by atoms with E-state index in [-0.39, 0.29) is 17.9 Å². The van der Waals surface area contributed by atoms with Gasteiger partial charge < -0.3 is 20.7 Å². The number of hydrogen-bond donors (Lipinski definition) is 2. The maximum absolute atomic E-state index is 12.7. The Morgan fingerprint density at radius 2 is 2.13 bits per heavy atom. The third-order valence-corrected chi connectivity index (χ3v) is 5.38. The first-order valence-corrected chi connectivity index (χ1v) is 10.4. The summed E-state index contributed by atoms with van der Waals surface area (Å²) in [6.07, 6.45) is 6.80. The van der Waals surface area contributed by atoms with Crippen LogP contribution in [0.25, 0.3) is 0 Å². The number of nitrogens with one attached hydrogen (secondary N) is 1. The van der Waals surface area contributed by atoms with Crippen LogP contribution in [-0.4, -0.2) is 47.9 Å². The molecule has 7 nitrogen and oxygen atoms in total. The van der Waals surface area contributed by atoms with Crippen molar-refractivity contribution in [3.05, 3.63) is 59.4 Å². The SMILES string of the molecule is COc1cccc(CN2CCC(NC(=O)c3cncc(CCCN)c3)CCC2=O)c1. The van der Waals surface area contributed by atoms with Crippen LogP contribution in [0.2, 0.25) is 0 Å². The van der Waals surface area contributed by atoms with Gasteiger partial charge >= 0.3 is 0 Å². The van der Waals surface area contributed by atoms with Gasteiger partial charge in [0.2, 0.25) is 5.91 Å². The first-order chi connectivity index (χ1) is 14.6. The molecule has 0 spiro atoms. The molecule has 1 aliphatic heterocycles. The number of rotatable bonds is 8. The van der Waals surface area contributed by atoms with E-state index in [4.69, 9.17) is 10.5 Å². The van der Waals surface area contributed by atoms with E-state index in [1.807, 2.05) is 35.2 Å². The highest BCUT2D eigenvalue weighted by Gasteiger charge is 2.24. The predicted octanol–water partition coefficient (Wildman–Crippen LogP) is 2.29. The molecule has 7 heteroatoms. The molecule has 1 aromatic heterocycles. The second-order valence-electron chi connectivity index (χ2n) is 7.64. The van der Waals surface area contributed by atoms with Crippen LogP contribution in [0.1, 0.15) is 47.2 Å². The molecule has 3 rings (SSSR count). The lowest BCUT2D eigenvalue weighted by atomic mass is 10.1. The molecule has 2 amide bonds. The third-order valence-electron chi connectivity index (χ3n) is 5.38. The van der Waals surface area contributed by atoms with E-state index in [1.165, 1.54) is 0 Å². The zero-order valence-corrected chi connectivity index (χ0v) is 17.5. The average Bonchev–Trinajstić information content (AvgIpc) is 2.94. The van der Waals surface area contributed by atoms with Gasteiger partial charge in [-0.2, -0.15) is 0 Å². The number of amides is 2. The number of aromatic nitrogens is 1. The van der Waals surface area contributed by atoms with Crippen molar-refractivity contribution in [1.82, 2.24) is 15.2 Å². The minimum absolute atomic E-state index is 0.0375. The number of aryl methyl sites for hydroxylation is 1.